The molecule has 0 radical (unpaired) electrons. The van der Waals surface area contributed by atoms with Crippen LogP contribution in [0.1, 0.15) is 32.1 Å². The molecular weight excluding hydrogens is 260 g/mol. The molecule has 1 aromatic carbocycles. The number of hydrogen-bond donors (Lipinski definition) is 0. The Balaban J connectivity index is 1.99. The molecule has 6 heteroatoms. The molecule has 1 fully saturated rings. The molecule has 1 aromatic heterocycles. The van der Waals surface area contributed by atoms with Crippen molar-refractivity contribution in [3.63, 3.8) is 0 Å². The maximum absolute atomic E-state index is 11.9. The van der Waals surface area contributed by atoms with Crippen molar-refractivity contribution in [2.45, 2.75) is 38.6 Å². The highest BCUT2D eigenvalue weighted by molar-refractivity contribution is 5.75. The molecule has 1 saturated carbocycles. The fourth-order valence-electron chi connectivity index (χ4n) is 2.96. The molecule has 0 saturated heterocycles. The standard InChI is InChI=1S/C14H16N2O4/c17-14-15(9-10-4-2-1-3-5-10)12-8-11(16(18)19)6-7-13(12)20-14/h6-8,10H,1-5,9H2. The van der Waals surface area contributed by atoms with Crippen LogP contribution in [0.4, 0.5) is 5.69 Å². The Morgan fingerprint density at radius 2 is 2.05 bits per heavy atom. The molecule has 6 nitrogen and oxygen atoms in total. The van der Waals surface area contributed by atoms with E-state index in [0.29, 0.717) is 23.6 Å². The minimum atomic E-state index is -0.456. The topological polar surface area (TPSA) is 78.3 Å². The molecule has 2 aromatic rings. The number of nitro benzene ring substituents is 1. The summed E-state index contributed by atoms with van der Waals surface area (Å²) >= 11 is 0. The summed E-state index contributed by atoms with van der Waals surface area (Å²) in [6, 6.07) is 4.27. The van der Waals surface area contributed by atoms with Crippen molar-refractivity contribution >= 4 is 16.8 Å². The Kier molecular flexibility index (Phi) is 3.30. The lowest BCUT2D eigenvalue weighted by molar-refractivity contribution is -0.384. The average molecular weight is 276 g/mol. The van der Waals surface area contributed by atoms with Gasteiger partial charge in [-0.2, -0.15) is 0 Å². The van der Waals surface area contributed by atoms with Gasteiger partial charge in [-0.25, -0.2) is 4.79 Å². The summed E-state index contributed by atoms with van der Waals surface area (Å²) < 4.78 is 6.70. The molecule has 0 bridgehead atoms. The minimum Gasteiger partial charge on any atom is -0.408 e. The van der Waals surface area contributed by atoms with Crippen LogP contribution >= 0.6 is 0 Å². The van der Waals surface area contributed by atoms with Gasteiger partial charge in [-0.3, -0.25) is 14.7 Å². The lowest BCUT2D eigenvalue weighted by Gasteiger charge is -2.21. The number of benzene rings is 1. The van der Waals surface area contributed by atoms with E-state index in [9.17, 15) is 14.9 Å². The van der Waals surface area contributed by atoms with E-state index in [2.05, 4.69) is 0 Å². The van der Waals surface area contributed by atoms with Crippen molar-refractivity contribution in [2.24, 2.45) is 5.92 Å². The third kappa shape index (κ3) is 2.33. The molecule has 20 heavy (non-hydrogen) atoms. The fraction of sp³-hybridized carbons (Fsp3) is 0.500. The molecule has 3 rings (SSSR count). The van der Waals surface area contributed by atoms with Gasteiger partial charge in [-0.05, 0) is 24.8 Å². The second kappa shape index (κ2) is 5.11. The zero-order valence-electron chi connectivity index (χ0n) is 11.1. The van der Waals surface area contributed by atoms with Crippen LogP contribution in [0.3, 0.4) is 0 Å². The van der Waals surface area contributed by atoms with E-state index in [-0.39, 0.29) is 5.69 Å². The lowest BCUT2D eigenvalue weighted by Crippen LogP contribution is -2.21. The van der Waals surface area contributed by atoms with Crippen LogP contribution in [0.25, 0.3) is 11.1 Å². The normalized spacial score (nSPS) is 16.6. The fourth-order valence-corrected chi connectivity index (χ4v) is 2.96. The van der Waals surface area contributed by atoms with Crippen molar-refractivity contribution in [2.75, 3.05) is 0 Å². The zero-order valence-corrected chi connectivity index (χ0v) is 11.1. The number of nitrogens with zero attached hydrogens (tertiary/aromatic N) is 2. The smallest absolute Gasteiger partial charge is 0.408 e. The highest BCUT2D eigenvalue weighted by atomic mass is 16.6. The van der Waals surface area contributed by atoms with E-state index in [1.807, 2.05) is 0 Å². The van der Waals surface area contributed by atoms with Crippen molar-refractivity contribution in [3.05, 3.63) is 38.9 Å². The Bertz CT molecular complexity index is 695. The van der Waals surface area contributed by atoms with Gasteiger partial charge in [0.05, 0.1) is 10.4 Å². The predicted octanol–water partition coefficient (Wildman–Crippen LogP) is 3.08. The van der Waals surface area contributed by atoms with E-state index >= 15 is 0 Å². The van der Waals surface area contributed by atoms with E-state index in [0.717, 1.165) is 12.8 Å². The SMILES string of the molecule is O=c1oc2ccc([N+](=O)[O-])cc2n1CC1CCCCC1. The summed E-state index contributed by atoms with van der Waals surface area (Å²) in [6.07, 6.45) is 5.84. The first kappa shape index (κ1) is 12.9. The third-order valence-electron chi connectivity index (χ3n) is 4.03. The van der Waals surface area contributed by atoms with Gasteiger partial charge < -0.3 is 4.42 Å². The van der Waals surface area contributed by atoms with Crippen molar-refractivity contribution in [1.29, 1.82) is 0 Å². The van der Waals surface area contributed by atoms with Crippen molar-refractivity contribution in [3.8, 4) is 0 Å². The summed E-state index contributed by atoms with van der Waals surface area (Å²) in [5.74, 6) is 0.0348. The molecule has 1 heterocycles. The maximum Gasteiger partial charge on any atom is 0.419 e. The number of oxazole rings is 1. The number of hydrogen-bond acceptors (Lipinski definition) is 4. The Hall–Kier alpha value is -2.11. The monoisotopic (exact) mass is 276 g/mol. The van der Waals surface area contributed by atoms with Crippen LogP contribution in [-0.4, -0.2) is 9.49 Å². The van der Waals surface area contributed by atoms with Crippen LogP contribution in [0.15, 0.2) is 27.4 Å². The first-order valence-electron chi connectivity index (χ1n) is 6.93. The molecule has 0 aliphatic heterocycles. The summed E-state index contributed by atoms with van der Waals surface area (Å²) in [4.78, 5) is 22.3. The van der Waals surface area contributed by atoms with E-state index in [1.165, 1.54) is 37.5 Å². The van der Waals surface area contributed by atoms with Gasteiger partial charge >= 0.3 is 5.76 Å². The van der Waals surface area contributed by atoms with Gasteiger partial charge in [-0.15, -0.1) is 0 Å². The van der Waals surface area contributed by atoms with Crippen molar-refractivity contribution < 1.29 is 9.34 Å². The van der Waals surface area contributed by atoms with Gasteiger partial charge in [0.2, 0.25) is 0 Å². The first-order valence-corrected chi connectivity index (χ1v) is 6.93. The van der Waals surface area contributed by atoms with Crippen molar-refractivity contribution in [1.82, 2.24) is 4.57 Å². The summed E-state index contributed by atoms with van der Waals surface area (Å²) in [5, 5.41) is 10.8. The molecule has 1 aliphatic rings. The maximum atomic E-state index is 11.9. The first-order chi connectivity index (χ1) is 9.65. The molecular formula is C14H16N2O4. The number of nitro groups is 1. The molecule has 0 unspecified atom stereocenters. The molecule has 0 atom stereocenters. The van der Waals surface area contributed by atoms with Crippen LogP contribution in [0.2, 0.25) is 0 Å². The van der Waals surface area contributed by atoms with Gasteiger partial charge in [0.25, 0.3) is 5.69 Å². The summed E-state index contributed by atoms with van der Waals surface area (Å²) in [7, 11) is 0. The van der Waals surface area contributed by atoms with Crippen LogP contribution in [0.5, 0.6) is 0 Å². The Morgan fingerprint density at radius 3 is 2.75 bits per heavy atom. The minimum absolute atomic E-state index is 0.0179. The highest BCUT2D eigenvalue weighted by Crippen LogP contribution is 2.27. The predicted molar refractivity (Wildman–Crippen MR) is 73.7 cm³/mol. The number of rotatable bonds is 3. The van der Waals surface area contributed by atoms with E-state index in [4.69, 9.17) is 4.42 Å². The Labute approximate surface area is 115 Å². The molecule has 0 amide bonds. The quantitative estimate of drug-likeness (QED) is 0.637. The average Bonchev–Trinajstić information content (AvgIpc) is 2.75. The van der Waals surface area contributed by atoms with Gasteiger partial charge in [0.1, 0.15) is 0 Å². The number of aromatic nitrogens is 1. The number of fused-ring (bicyclic) bond motifs is 1. The molecule has 1 aliphatic carbocycles. The second-order valence-corrected chi connectivity index (χ2v) is 5.39. The lowest BCUT2D eigenvalue weighted by atomic mass is 9.89. The highest BCUT2D eigenvalue weighted by Gasteiger charge is 2.19. The summed E-state index contributed by atoms with van der Waals surface area (Å²) in [5.41, 5.74) is 0.918. The molecule has 0 spiro atoms. The third-order valence-corrected chi connectivity index (χ3v) is 4.03. The Morgan fingerprint density at radius 1 is 1.30 bits per heavy atom. The van der Waals surface area contributed by atoms with Crippen LogP contribution in [-0.2, 0) is 6.54 Å². The van der Waals surface area contributed by atoms with Gasteiger partial charge in [-0.1, -0.05) is 19.3 Å². The van der Waals surface area contributed by atoms with E-state index < -0.39 is 10.7 Å². The van der Waals surface area contributed by atoms with Gasteiger partial charge in [0, 0.05) is 18.7 Å². The van der Waals surface area contributed by atoms with Crippen LogP contribution in [0, 0.1) is 16.0 Å². The second-order valence-electron chi connectivity index (χ2n) is 5.39. The van der Waals surface area contributed by atoms with Crippen LogP contribution < -0.4 is 5.76 Å². The molecule has 106 valence electrons. The number of non-ortho nitro benzene ring substituents is 1. The van der Waals surface area contributed by atoms with E-state index in [1.54, 1.807) is 4.57 Å². The summed E-state index contributed by atoms with van der Waals surface area (Å²) in [6.45, 7) is 0.590. The van der Waals surface area contributed by atoms with Gasteiger partial charge in [0.15, 0.2) is 5.58 Å². The zero-order chi connectivity index (χ0) is 14.1. The molecule has 0 N–H and O–H groups in total. The largest absolute Gasteiger partial charge is 0.419 e.